The van der Waals surface area contributed by atoms with Crippen molar-refractivity contribution in [3.05, 3.63) is 59.7 Å². The van der Waals surface area contributed by atoms with Gasteiger partial charge < -0.3 is 10.5 Å². The number of nitrogens with zero attached hydrogens (tertiary/aromatic N) is 1. The van der Waals surface area contributed by atoms with Gasteiger partial charge in [-0.15, -0.1) is 0 Å². The molecule has 2 aromatic carbocycles. The lowest BCUT2D eigenvalue weighted by Crippen LogP contribution is -2.16. The minimum Gasteiger partial charge on any atom is -0.481 e. The number of nitrogens with two attached hydrogens (primary N) is 1. The Kier molecular flexibility index (Phi) is 4.21. The average Bonchev–Trinajstić information content (AvgIpc) is 2.59. The number of benzene rings is 2. The van der Waals surface area contributed by atoms with Crippen molar-refractivity contribution >= 4 is 16.8 Å². The number of rotatable bonds is 3. The summed E-state index contributed by atoms with van der Waals surface area (Å²) in [5.74, 6) is 0.0120. The average molecular weight is 334 g/mol. The molecule has 0 fully saturated rings. The standard InChI is InChI=1S/C21H22N2O2/c1-21(2,3)14-9-10-15(19(22)24)16(12-14)17-11-13-7-5-6-8-18(13)23-20(17)25-4/h5-12H,1-4H3,(H2,22,24). The van der Waals surface area contributed by atoms with E-state index in [-0.39, 0.29) is 5.41 Å². The molecule has 0 aliphatic rings. The number of methoxy groups -OCH3 is 1. The highest BCUT2D eigenvalue weighted by atomic mass is 16.5. The highest BCUT2D eigenvalue weighted by molar-refractivity contribution is 6.01. The second-order valence-corrected chi connectivity index (χ2v) is 7.11. The highest BCUT2D eigenvalue weighted by Gasteiger charge is 2.20. The van der Waals surface area contributed by atoms with Gasteiger partial charge in [0.2, 0.25) is 11.8 Å². The van der Waals surface area contributed by atoms with Gasteiger partial charge in [-0.3, -0.25) is 4.79 Å². The smallest absolute Gasteiger partial charge is 0.249 e. The maximum atomic E-state index is 12.0. The van der Waals surface area contributed by atoms with Gasteiger partial charge in [0.15, 0.2) is 0 Å². The molecule has 0 spiro atoms. The summed E-state index contributed by atoms with van der Waals surface area (Å²) in [6.07, 6.45) is 0. The number of fused-ring (bicyclic) bond motifs is 1. The third-order valence-corrected chi connectivity index (χ3v) is 4.32. The molecule has 0 aliphatic heterocycles. The summed E-state index contributed by atoms with van der Waals surface area (Å²) in [6, 6.07) is 15.6. The molecule has 0 bridgehead atoms. The van der Waals surface area contributed by atoms with Crippen molar-refractivity contribution in [2.45, 2.75) is 26.2 Å². The third kappa shape index (κ3) is 3.20. The van der Waals surface area contributed by atoms with Crippen LogP contribution in [0, 0.1) is 0 Å². The van der Waals surface area contributed by atoms with Crippen LogP contribution >= 0.6 is 0 Å². The molecule has 0 aliphatic carbocycles. The van der Waals surface area contributed by atoms with E-state index in [9.17, 15) is 4.79 Å². The van der Waals surface area contributed by atoms with Crippen molar-refractivity contribution in [3.8, 4) is 17.0 Å². The number of pyridine rings is 1. The second-order valence-electron chi connectivity index (χ2n) is 7.11. The molecule has 128 valence electrons. The quantitative estimate of drug-likeness (QED) is 0.776. The zero-order chi connectivity index (χ0) is 18.2. The van der Waals surface area contributed by atoms with Crippen LogP contribution in [-0.2, 0) is 5.41 Å². The van der Waals surface area contributed by atoms with Gasteiger partial charge in [0.25, 0.3) is 0 Å². The fourth-order valence-corrected chi connectivity index (χ4v) is 2.90. The molecule has 0 saturated heterocycles. The number of amides is 1. The van der Waals surface area contributed by atoms with E-state index in [1.165, 1.54) is 0 Å². The summed E-state index contributed by atoms with van der Waals surface area (Å²) in [4.78, 5) is 16.6. The van der Waals surface area contributed by atoms with Crippen molar-refractivity contribution < 1.29 is 9.53 Å². The molecule has 4 nitrogen and oxygen atoms in total. The maximum Gasteiger partial charge on any atom is 0.249 e. The first-order chi connectivity index (χ1) is 11.8. The molecular weight excluding hydrogens is 312 g/mol. The van der Waals surface area contributed by atoms with Gasteiger partial charge >= 0.3 is 0 Å². The molecule has 2 N–H and O–H groups in total. The van der Waals surface area contributed by atoms with E-state index in [0.29, 0.717) is 11.4 Å². The Hall–Kier alpha value is -2.88. The van der Waals surface area contributed by atoms with E-state index in [2.05, 4.69) is 25.8 Å². The van der Waals surface area contributed by atoms with Crippen LogP contribution in [0.2, 0.25) is 0 Å². The van der Waals surface area contributed by atoms with Crippen molar-refractivity contribution in [3.63, 3.8) is 0 Å². The van der Waals surface area contributed by atoms with Crippen LogP contribution < -0.4 is 10.5 Å². The minimum atomic E-state index is -0.467. The molecule has 4 heteroatoms. The topological polar surface area (TPSA) is 65.2 Å². The number of primary amides is 1. The van der Waals surface area contributed by atoms with Crippen LogP contribution in [0.4, 0.5) is 0 Å². The number of carbonyl (C=O) groups is 1. The highest BCUT2D eigenvalue weighted by Crippen LogP contribution is 2.36. The van der Waals surface area contributed by atoms with Crippen LogP contribution in [0.15, 0.2) is 48.5 Å². The van der Waals surface area contributed by atoms with E-state index in [1.807, 2.05) is 42.5 Å². The molecular formula is C21H22N2O2. The molecule has 3 aromatic rings. The van der Waals surface area contributed by atoms with Crippen LogP contribution in [0.25, 0.3) is 22.0 Å². The second kappa shape index (κ2) is 6.20. The molecule has 1 aromatic heterocycles. The van der Waals surface area contributed by atoms with Gasteiger partial charge in [0.05, 0.1) is 12.6 Å². The Labute approximate surface area is 147 Å². The zero-order valence-corrected chi connectivity index (χ0v) is 15.0. The molecule has 1 amide bonds. The number of para-hydroxylation sites is 1. The summed E-state index contributed by atoms with van der Waals surface area (Å²) in [7, 11) is 1.58. The molecule has 0 saturated carbocycles. The van der Waals surface area contributed by atoms with Gasteiger partial charge in [-0.25, -0.2) is 4.98 Å². The van der Waals surface area contributed by atoms with E-state index < -0.39 is 5.91 Å². The first kappa shape index (κ1) is 17.0. The fraction of sp³-hybridized carbons (Fsp3) is 0.238. The van der Waals surface area contributed by atoms with Gasteiger partial charge in [-0.05, 0) is 35.2 Å². The predicted molar refractivity (Wildman–Crippen MR) is 101 cm³/mol. The summed E-state index contributed by atoms with van der Waals surface area (Å²) in [6.45, 7) is 6.39. The molecule has 25 heavy (non-hydrogen) atoms. The van der Waals surface area contributed by atoms with Gasteiger partial charge in [-0.2, -0.15) is 0 Å². The van der Waals surface area contributed by atoms with Crippen LogP contribution in [0.1, 0.15) is 36.7 Å². The van der Waals surface area contributed by atoms with Crippen molar-refractivity contribution in [2.75, 3.05) is 7.11 Å². The predicted octanol–water partition coefficient (Wildman–Crippen LogP) is 4.31. The lowest BCUT2D eigenvalue weighted by atomic mass is 9.84. The number of carbonyl (C=O) groups excluding carboxylic acids is 1. The fourth-order valence-electron chi connectivity index (χ4n) is 2.90. The van der Waals surface area contributed by atoms with Crippen molar-refractivity contribution in [2.24, 2.45) is 5.73 Å². The van der Waals surface area contributed by atoms with E-state index in [1.54, 1.807) is 13.2 Å². The molecule has 0 radical (unpaired) electrons. The Bertz CT molecular complexity index is 956. The Morgan fingerprint density at radius 2 is 1.76 bits per heavy atom. The van der Waals surface area contributed by atoms with E-state index in [0.717, 1.165) is 27.6 Å². The van der Waals surface area contributed by atoms with Gasteiger partial charge in [-0.1, -0.05) is 45.0 Å². The Morgan fingerprint density at radius 1 is 1.04 bits per heavy atom. The van der Waals surface area contributed by atoms with Crippen LogP contribution in [0.3, 0.4) is 0 Å². The molecule has 3 rings (SSSR count). The number of hydrogen-bond donors (Lipinski definition) is 1. The monoisotopic (exact) mass is 334 g/mol. The van der Waals surface area contributed by atoms with Gasteiger partial charge in [0, 0.05) is 22.1 Å². The SMILES string of the molecule is COc1nc2ccccc2cc1-c1cc(C(C)(C)C)ccc1C(N)=O. The first-order valence-corrected chi connectivity index (χ1v) is 8.20. The molecule has 1 heterocycles. The van der Waals surface area contributed by atoms with E-state index >= 15 is 0 Å². The lowest BCUT2D eigenvalue weighted by Gasteiger charge is -2.21. The summed E-state index contributed by atoms with van der Waals surface area (Å²) >= 11 is 0. The first-order valence-electron chi connectivity index (χ1n) is 8.20. The maximum absolute atomic E-state index is 12.0. The number of hydrogen-bond acceptors (Lipinski definition) is 3. The van der Waals surface area contributed by atoms with Crippen LogP contribution in [0.5, 0.6) is 5.88 Å². The van der Waals surface area contributed by atoms with E-state index in [4.69, 9.17) is 10.5 Å². The lowest BCUT2D eigenvalue weighted by molar-refractivity contribution is 0.100. The minimum absolute atomic E-state index is 0.0531. The molecule has 0 unspecified atom stereocenters. The summed E-state index contributed by atoms with van der Waals surface area (Å²) < 4.78 is 5.50. The van der Waals surface area contributed by atoms with Crippen molar-refractivity contribution in [1.29, 1.82) is 0 Å². The Balaban J connectivity index is 2.34. The van der Waals surface area contributed by atoms with Crippen molar-refractivity contribution in [1.82, 2.24) is 4.98 Å². The van der Waals surface area contributed by atoms with Gasteiger partial charge in [0.1, 0.15) is 0 Å². The third-order valence-electron chi connectivity index (χ3n) is 4.32. The zero-order valence-electron chi connectivity index (χ0n) is 15.0. The summed E-state index contributed by atoms with van der Waals surface area (Å²) in [5.41, 5.74) is 9.49. The molecule has 0 atom stereocenters. The largest absolute Gasteiger partial charge is 0.481 e. The number of ether oxygens (including phenoxy) is 1. The summed E-state index contributed by atoms with van der Waals surface area (Å²) in [5, 5.41) is 0.981. The van der Waals surface area contributed by atoms with Crippen LogP contribution in [-0.4, -0.2) is 18.0 Å². The Morgan fingerprint density at radius 3 is 2.40 bits per heavy atom. The number of aromatic nitrogens is 1. The normalized spacial score (nSPS) is 11.5.